The molecule has 0 saturated heterocycles. The first kappa shape index (κ1) is 11.6. The molecule has 1 aromatic carbocycles. The van der Waals surface area contributed by atoms with Gasteiger partial charge in [-0.05, 0) is 37.6 Å². The number of aromatic nitrogens is 4. The SMILES string of the molecule is Cc1cc(-c2ccc3c(c2)nc(C)n3C)nnc1N. The first-order valence-electron chi connectivity index (χ1n) is 6.09. The molecule has 0 amide bonds. The first-order chi connectivity index (χ1) is 9.06. The summed E-state index contributed by atoms with van der Waals surface area (Å²) in [5, 5.41) is 8.10. The highest BCUT2D eigenvalue weighted by Gasteiger charge is 2.08. The molecule has 0 radical (unpaired) electrons. The van der Waals surface area contributed by atoms with Gasteiger partial charge in [0.1, 0.15) is 11.6 Å². The summed E-state index contributed by atoms with van der Waals surface area (Å²) in [6, 6.07) is 8.06. The molecule has 96 valence electrons. The predicted octanol–water partition coefficient (Wildman–Crippen LogP) is 2.23. The second-order valence-corrected chi connectivity index (χ2v) is 4.72. The Bertz CT molecular complexity index is 773. The molecule has 0 aliphatic carbocycles. The lowest BCUT2D eigenvalue weighted by molar-refractivity contribution is 0.886. The van der Waals surface area contributed by atoms with Crippen molar-refractivity contribution in [2.24, 2.45) is 7.05 Å². The van der Waals surface area contributed by atoms with E-state index in [2.05, 4.69) is 25.8 Å². The molecule has 0 aliphatic heterocycles. The second-order valence-electron chi connectivity index (χ2n) is 4.72. The first-order valence-corrected chi connectivity index (χ1v) is 6.09. The Kier molecular flexibility index (Phi) is 2.48. The van der Waals surface area contributed by atoms with Gasteiger partial charge in [-0.3, -0.25) is 0 Å². The van der Waals surface area contributed by atoms with Gasteiger partial charge in [0.2, 0.25) is 0 Å². The number of hydrogen-bond donors (Lipinski definition) is 1. The number of nitrogens with two attached hydrogens (primary N) is 1. The number of anilines is 1. The summed E-state index contributed by atoms with van der Waals surface area (Å²) in [7, 11) is 2.01. The van der Waals surface area contributed by atoms with Crippen molar-refractivity contribution in [3.8, 4) is 11.3 Å². The van der Waals surface area contributed by atoms with Crippen molar-refractivity contribution in [2.75, 3.05) is 5.73 Å². The van der Waals surface area contributed by atoms with Gasteiger partial charge in [-0.25, -0.2) is 4.98 Å². The molecule has 0 atom stereocenters. The normalized spacial score (nSPS) is 11.1. The molecule has 5 nitrogen and oxygen atoms in total. The number of imidazole rings is 1. The van der Waals surface area contributed by atoms with Gasteiger partial charge in [-0.2, -0.15) is 0 Å². The van der Waals surface area contributed by atoms with E-state index in [-0.39, 0.29) is 0 Å². The number of hydrogen-bond acceptors (Lipinski definition) is 4. The quantitative estimate of drug-likeness (QED) is 0.722. The molecule has 0 saturated carbocycles. The molecule has 0 fully saturated rings. The Hall–Kier alpha value is -2.43. The number of aryl methyl sites for hydroxylation is 3. The van der Waals surface area contributed by atoms with Crippen molar-refractivity contribution in [1.29, 1.82) is 0 Å². The highest BCUT2D eigenvalue weighted by atomic mass is 15.1. The molecular formula is C14H15N5. The molecule has 0 aliphatic rings. The van der Waals surface area contributed by atoms with E-state index in [0.29, 0.717) is 5.82 Å². The van der Waals surface area contributed by atoms with Crippen LogP contribution in [-0.2, 0) is 7.05 Å². The Morgan fingerprint density at radius 1 is 1.11 bits per heavy atom. The van der Waals surface area contributed by atoms with Gasteiger partial charge in [-0.1, -0.05) is 6.07 Å². The molecule has 2 heterocycles. The molecule has 2 N–H and O–H groups in total. The van der Waals surface area contributed by atoms with Crippen molar-refractivity contribution in [1.82, 2.24) is 19.7 Å². The standard InChI is InChI=1S/C14H15N5/c1-8-6-11(17-18-14(8)15)10-4-5-13-12(7-10)16-9(2)19(13)3/h4-7H,1-3H3,(H2,15,18). The molecule has 3 aromatic rings. The van der Waals surface area contributed by atoms with E-state index >= 15 is 0 Å². The van der Waals surface area contributed by atoms with Crippen LogP contribution < -0.4 is 5.73 Å². The summed E-state index contributed by atoms with van der Waals surface area (Å²) >= 11 is 0. The number of nitrogen functional groups attached to an aromatic ring is 1. The Morgan fingerprint density at radius 2 is 1.89 bits per heavy atom. The third-order valence-electron chi connectivity index (χ3n) is 3.42. The minimum Gasteiger partial charge on any atom is -0.382 e. The van der Waals surface area contributed by atoms with Crippen molar-refractivity contribution >= 4 is 16.9 Å². The van der Waals surface area contributed by atoms with Crippen molar-refractivity contribution in [2.45, 2.75) is 13.8 Å². The summed E-state index contributed by atoms with van der Waals surface area (Å²) < 4.78 is 2.07. The van der Waals surface area contributed by atoms with Crippen LogP contribution in [0.25, 0.3) is 22.3 Å². The zero-order valence-electron chi connectivity index (χ0n) is 11.2. The number of benzene rings is 1. The average Bonchev–Trinajstić information content (AvgIpc) is 2.68. The van der Waals surface area contributed by atoms with Crippen LogP contribution >= 0.6 is 0 Å². The Labute approximate surface area is 111 Å². The maximum absolute atomic E-state index is 5.69. The molecular weight excluding hydrogens is 238 g/mol. The third-order valence-corrected chi connectivity index (χ3v) is 3.42. The van der Waals surface area contributed by atoms with Gasteiger partial charge in [0.15, 0.2) is 0 Å². The largest absolute Gasteiger partial charge is 0.382 e. The maximum Gasteiger partial charge on any atom is 0.149 e. The number of rotatable bonds is 1. The summed E-state index contributed by atoms with van der Waals surface area (Å²) in [5.41, 5.74) is 10.5. The van der Waals surface area contributed by atoms with Crippen LogP contribution in [0.1, 0.15) is 11.4 Å². The van der Waals surface area contributed by atoms with Crippen LogP contribution in [-0.4, -0.2) is 19.7 Å². The fraction of sp³-hybridized carbons (Fsp3) is 0.214. The van der Waals surface area contributed by atoms with Gasteiger partial charge in [0.05, 0.1) is 16.7 Å². The summed E-state index contributed by atoms with van der Waals surface area (Å²) in [6.07, 6.45) is 0. The lowest BCUT2D eigenvalue weighted by atomic mass is 10.1. The van der Waals surface area contributed by atoms with Crippen LogP contribution in [0.2, 0.25) is 0 Å². The summed E-state index contributed by atoms with van der Waals surface area (Å²) in [5.74, 6) is 1.46. The number of nitrogens with zero attached hydrogens (tertiary/aromatic N) is 4. The van der Waals surface area contributed by atoms with E-state index in [1.165, 1.54) is 0 Å². The zero-order chi connectivity index (χ0) is 13.6. The molecule has 0 bridgehead atoms. The van der Waals surface area contributed by atoms with Crippen molar-refractivity contribution in [3.63, 3.8) is 0 Å². The van der Waals surface area contributed by atoms with E-state index in [4.69, 9.17) is 5.73 Å². The van der Waals surface area contributed by atoms with E-state index < -0.39 is 0 Å². The zero-order valence-corrected chi connectivity index (χ0v) is 11.2. The molecule has 19 heavy (non-hydrogen) atoms. The third kappa shape index (κ3) is 1.83. The molecule has 5 heteroatoms. The van der Waals surface area contributed by atoms with Crippen molar-refractivity contribution in [3.05, 3.63) is 35.7 Å². The lowest BCUT2D eigenvalue weighted by Crippen LogP contribution is -1.98. The predicted molar refractivity (Wildman–Crippen MR) is 75.6 cm³/mol. The molecule has 2 aromatic heterocycles. The topological polar surface area (TPSA) is 69.6 Å². The Balaban J connectivity index is 2.17. The van der Waals surface area contributed by atoms with Gasteiger partial charge in [0, 0.05) is 12.6 Å². The van der Waals surface area contributed by atoms with E-state index in [9.17, 15) is 0 Å². The van der Waals surface area contributed by atoms with E-state index in [0.717, 1.165) is 33.7 Å². The van der Waals surface area contributed by atoms with E-state index in [1.807, 2.05) is 39.1 Å². The van der Waals surface area contributed by atoms with Gasteiger partial charge < -0.3 is 10.3 Å². The van der Waals surface area contributed by atoms with Crippen LogP contribution in [0, 0.1) is 13.8 Å². The van der Waals surface area contributed by atoms with Crippen LogP contribution in [0.3, 0.4) is 0 Å². The molecule has 3 rings (SSSR count). The second kappa shape index (κ2) is 4.05. The van der Waals surface area contributed by atoms with Crippen LogP contribution in [0.4, 0.5) is 5.82 Å². The fourth-order valence-electron chi connectivity index (χ4n) is 2.12. The van der Waals surface area contributed by atoms with E-state index in [1.54, 1.807) is 0 Å². The van der Waals surface area contributed by atoms with Gasteiger partial charge >= 0.3 is 0 Å². The Morgan fingerprint density at radius 3 is 2.63 bits per heavy atom. The maximum atomic E-state index is 5.69. The average molecular weight is 253 g/mol. The van der Waals surface area contributed by atoms with Gasteiger partial charge in [-0.15, -0.1) is 10.2 Å². The summed E-state index contributed by atoms with van der Waals surface area (Å²) in [6.45, 7) is 3.92. The highest BCUT2D eigenvalue weighted by molar-refractivity contribution is 5.81. The molecule has 0 unspecified atom stereocenters. The molecule has 0 spiro atoms. The van der Waals surface area contributed by atoms with Crippen LogP contribution in [0.5, 0.6) is 0 Å². The number of fused-ring (bicyclic) bond motifs is 1. The van der Waals surface area contributed by atoms with Crippen molar-refractivity contribution < 1.29 is 0 Å². The monoisotopic (exact) mass is 253 g/mol. The van der Waals surface area contributed by atoms with Crippen LogP contribution in [0.15, 0.2) is 24.3 Å². The van der Waals surface area contributed by atoms with Gasteiger partial charge in [0.25, 0.3) is 0 Å². The minimum absolute atomic E-state index is 0.471. The highest BCUT2D eigenvalue weighted by Crippen LogP contribution is 2.24. The lowest BCUT2D eigenvalue weighted by Gasteiger charge is -2.03. The smallest absolute Gasteiger partial charge is 0.149 e. The summed E-state index contributed by atoms with van der Waals surface area (Å²) in [4.78, 5) is 4.53. The fourth-order valence-corrected chi connectivity index (χ4v) is 2.12. The minimum atomic E-state index is 0.471.